The van der Waals surface area contributed by atoms with Gasteiger partial charge in [-0.3, -0.25) is 9.59 Å². The summed E-state index contributed by atoms with van der Waals surface area (Å²) in [4.78, 5) is 39.5. The van der Waals surface area contributed by atoms with Crippen molar-refractivity contribution < 1.29 is 14.4 Å². The summed E-state index contributed by atoms with van der Waals surface area (Å²) in [6, 6.07) is 7.21. The minimum Gasteiger partial charge on any atom is -0.341 e. The molecule has 1 aliphatic carbocycles. The first kappa shape index (κ1) is 25.1. The summed E-state index contributed by atoms with van der Waals surface area (Å²) in [6.07, 6.45) is 7.19. The first-order chi connectivity index (χ1) is 15.6. The number of urea groups is 1. The van der Waals surface area contributed by atoms with E-state index in [0.717, 1.165) is 31.2 Å². The normalized spacial score (nSPS) is 19.0. The highest BCUT2D eigenvalue weighted by Gasteiger charge is 2.28. The van der Waals surface area contributed by atoms with E-state index in [-0.39, 0.29) is 35.3 Å². The molecular formula is C26H40N4O3. The van der Waals surface area contributed by atoms with Crippen molar-refractivity contribution in [3.05, 3.63) is 35.4 Å². The molecule has 7 heteroatoms. The average Bonchev–Trinajstić information content (AvgIpc) is 2.79. The Morgan fingerprint density at radius 2 is 1.42 bits per heavy atom. The Morgan fingerprint density at radius 1 is 0.879 bits per heavy atom. The lowest BCUT2D eigenvalue weighted by atomic mass is 9.86. The smallest absolute Gasteiger partial charge is 0.315 e. The number of nitrogens with one attached hydrogen (secondary N) is 3. The number of nitrogens with zero attached hydrogens (tertiary/aromatic N) is 1. The Labute approximate surface area is 198 Å². The van der Waals surface area contributed by atoms with Crippen LogP contribution in [0, 0.1) is 0 Å². The highest BCUT2D eigenvalue weighted by Crippen LogP contribution is 2.22. The Morgan fingerprint density at radius 3 is 1.97 bits per heavy atom. The zero-order valence-corrected chi connectivity index (χ0v) is 20.6. The molecule has 1 aromatic rings. The maximum atomic E-state index is 12.9. The molecule has 1 saturated carbocycles. The Hall–Kier alpha value is -2.57. The molecule has 0 radical (unpaired) electrons. The van der Waals surface area contributed by atoms with Gasteiger partial charge in [0.25, 0.3) is 5.91 Å². The van der Waals surface area contributed by atoms with Gasteiger partial charge in [-0.05, 0) is 55.7 Å². The third kappa shape index (κ3) is 7.21. The van der Waals surface area contributed by atoms with Crippen molar-refractivity contribution in [1.82, 2.24) is 20.9 Å². The number of piperidine rings is 1. The van der Waals surface area contributed by atoms with Crippen LogP contribution in [0.4, 0.5) is 4.79 Å². The van der Waals surface area contributed by atoms with E-state index in [4.69, 9.17) is 0 Å². The van der Waals surface area contributed by atoms with Crippen LogP contribution in [0.1, 0.15) is 88.6 Å². The molecule has 0 spiro atoms. The van der Waals surface area contributed by atoms with Crippen molar-refractivity contribution in [2.24, 2.45) is 0 Å². The van der Waals surface area contributed by atoms with E-state index in [9.17, 15) is 14.4 Å². The number of benzene rings is 1. The molecule has 0 aromatic heterocycles. The van der Waals surface area contributed by atoms with Gasteiger partial charge in [0, 0.05) is 30.7 Å². The van der Waals surface area contributed by atoms with Gasteiger partial charge in [-0.1, -0.05) is 52.2 Å². The van der Waals surface area contributed by atoms with Gasteiger partial charge < -0.3 is 20.9 Å². The van der Waals surface area contributed by atoms with Crippen LogP contribution in [0.5, 0.6) is 0 Å². The maximum absolute atomic E-state index is 12.9. The zero-order chi connectivity index (χ0) is 24.0. The maximum Gasteiger partial charge on any atom is 0.315 e. The summed E-state index contributed by atoms with van der Waals surface area (Å²) in [6.45, 7) is 9.27. The predicted octanol–water partition coefficient (Wildman–Crippen LogP) is 3.73. The fourth-order valence-corrected chi connectivity index (χ4v) is 4.64. The SMILES string of the molecule is CC(NC(=O)c1ccc(C(C)(C)C)cc1)C(=O)N1CCC(NC(=O)NC2CCCCC2)CC1. The van der Waals surface area contributed by atoms with E-state index < -0.39 is 6.04 Å². The Kier molecular flexibility index (Phi) is 8.38. The third-order valence-electron chi connectivity index (χ3n) is 6.81. The fraction of sp³-hybridized carbons (Fsp3) is 0.654. The predicted molar refractivity (Wildman–Crippen MR) is 130 cm³/mol. The van der Waals surface area contributed by atoms with Crippen LogP contribution in [-0.2, 0) is 10.2 Å². The number of likely N-dealkylation sites (tertiary alicyclic amines) is 1. The molecule has 3 N–H and O–H groups in total. The standard InChI is InChI=1S/C26H40N4O3/c1-18(27-23(31)19-10-12-20(13-11-19)26(2,3)4)24(32)30-16-14-22(15-17-30)29-25(33)28-21-8-6-5-7-9-21/h10-13,18,21-22H,5-9,14-17H2,1-4H3,(H,27,31)(H2,28,29,33). The van der Waals surface area contributed by atoms with Gasteiger partial charge in [-0.2, -0.15) is 0 Å². The van der Waals surface area contributed by atoms with Gasteiger partial charge >= 0.3 is 6.03 Å². The molecule has 1 aliphatic heterocycles. The molecule has 3 rings (SSSR count). The van der Waals surface area contributed by atoms with E-state index in [1.165, 1.54) is 19.3 Å². The van der Waals surface area contributed by atoms with Crippen LogP contribution in [-0.4, -0.2) is 54.0 Å². The van der Waals surface area contributed by atoms with E-state index in [2.05, 4.69) is 36.7 Å². The number of amides is 4. The first-order valence-electron chi connectivity index (χ1n) is 12.4. The molecule has 0 bridgehead atoms. The molecule has 7 nitrogen and oxygen atoms in total. The van der Waals surface area contributed by atoms with Gasteiger partial charge in [0.15, 0.2) is 0 Å². The lowest BCUT2D eigenvalue weighted by Gasteiger charge is -2.34. The molecule has 1 heterocycles. The van der Waals surface area contributed by atoms with Gasteiger partial charge in [0.2, 0.25) is 5.91 Å². The number of hydrogen-bond donors (Lipinski definition) is 3. The van der Waals surface area contributed by atoms with Crippen molar-refractivity contribution in [3.63, 3.8) is 0 Å². The van der Waals surface area contributed by atoms with E-state index >= 15 is 0 Å². The first-order valence-corrected chi connectivity index (χ1v) is 12.4. The molecule has 2 fully saturated rings. The van der Waals surface area contributed by atoms with Crippen molar-refractivity contribution in [2.45, 2.75) is 96.2 Å². The molecule has 1 atom stereocenters. The van der Waals surface area contributed by atoms with E-state index in [0.29, 0.717) is 18.7 Å². The quantitative estimate of drug-likeness (QED) is 0.631. The largest absolute Gasteiger partial charge is 0.341 e. The van der Waals surface area contributed by atoms with E-state index in [1.807, 2.05) is 24.3 Å². The van der Waals surface area contributed by atoms with Crippen LogP contribution in [0.15, 0.2) is 24.3 Å². The number of carbonyl (C=O) groups excluding carboxylic acids is 3. The van der Waals surface area contributed by atoms with Crippen molar-refractivity contribution >= 4 is 17.8 Å². The summed E-state index contributed by atoms with van der Waals surface area (Å²) in [5, 5.41) is 8.99. The minimum absolute atomic E-state index is 0.0236. The minimum atomic E-state index is -0.598. The lowest BCUT2D eigenvalue weighted by molar-refractivity contribution is -0.133. The Balaban J connectivity index is 1.42. The number of rotatable bonds is 5. The summed E-state index contributed by atoms with van der Waals surface area (Å²) in [5.41, 5.74) is 1.73. The monoisotopic (exact) mass is 456 g/mol. The van der Waals surface area contributed by atoms with Gasteiger partial charge in [-0.15, -0.1) is 0 Å². The van der Waals surface area contributed by atoms with Crippen molar-refractivity contribution in [3.8, 4) is 0 Å². The van der Waals surface area contributed by atoms with Crippen molar-refractivity contribution in [2.75, 3.05) is 13.1 Å². The van der Waals surface area contributed by atoms with Crippen LogP contribution in [0.25, 0.3) is 0 Å². The highest BCUT2D eigenvalue weighted by atomic mass is 16.2. The topological polar surface area (TPSA) is 90.5 Å². The zero-order valence-electron chi connectivity index (χ0n) is 20.6. The van der Waals surface area contributed by atoms with Gasteiger partial charge in [-0.25, -0.2) is 4.79 Å². The second kappa shape index (κ2) is 11.0. The summed E-state index contributed by atoms with van der Waals surface area (Å²) in [5.74, 6) is -0.327. The summed E-state index contributed by atoms with van der Waals surface area (Å²) >= 11 is 0. The van der Waals surface area contributed by atoms with Gasteiger partial charge in [0.05, 0.1) is 0 Å². The fourth-order valence-electron chi connectivity index (χ4n) is 4.64. The van der Waals surface area contributed by atoms with Crippen LogP contribution >= 0.6 is 0 Å². The summed E-state index contributed by atoms with van der Waals surface area (Å²) in [7, 11) is 0. The number of hydrogen-bond acceptors (Lipinski definition) is 3. The molecule has 1 unspecified atom stereocenters. The molecule has 182 valence electrons. The third-order valence-corrected chi connectivity index (χ3v) is 6.81. The molecule has 4 amide bonds. The molecule has 1 aromatic carbocycles. The second-order valence-corrected chi connectivity index (χ2v) is 10.6. The lowest BCUT2D eigenvalue weighted by Crippen LogP contribution is -2.54. The second-order valence-electron chi connectivity index (χ2n) is 10.6. The van der Waals surface area contributed by atoms with E-state index in [1.54, 1.807) is 11.8 Å². The average molecular weight is 457 g/mol. The van der Waals surface area contributed by atoms with Gasteiger partial charge in [0.1, 0.15) is 6.04 Å². The molecule has 2 aliphatic rings. The van der Waals surface area contributed by atoms with Crippen LogP contribution < -0.4 is 16.0 Å². The number of carbonyl (C=O) groups is 3. The molecule has 1 saturated heterocycles. The van der Waals surface area contributed by atoms with Crippen molar-refractivity contribution in [1.29, 1.82) is 0 Å². The van der Waals surface area contributed by atoms with Crippen LogP contribution in [0.3, 0.4) is 0 Å². The molecular weight excluding hydrogens is 416 g/mol. The molecule has 33 heavy (non-hydrogen) atoms. The summed E-state index contributed by atoms with van der Waals surface area (Å²) < 4.78 is 0. The van der Waals surface area contributed by atoms with Crippen LogP contribution in [0.2, 0.25) is 0 Å². The highest BCUT2D eigenvalue weighted by molar-refractivity contribution is 5.97. The Bertz CT molecular complexity index is 817.